The molecule has 0 aliphatic carbocycles. The van der Waals surface area contributed by atoms with E-state index >= 15 is 0 Å². The number of amides is 1. The normalized spacial score (nSPS) is 13.7. The van der Waals surface area contributed by atoms with E-state index in [0.717, 1.165) is 41.7 Å². The molecule has 1 saturated heterocycles. The van der Waals surface area contributed by atoms with E-state index in [1.165, 1.54) is 24.6 Å². The first-order valence-electron chi connectivity index (χ1n) is 8.84. The van der Waals surface area contributed by atoms with Crippen molar-refractivity contribution < 1.29 is 9.53 Å². The summed E-state index contributed by atoms with van der Waals surface area (Å²) in [6.07, 6.45) is 4.74. The van der Waals surface area contributed by atoms with Gasteiger partial charge in [0.05, 0.1) is 12.9 Å². The number of rotatable bonds is 8. The maximum atomic E-state index is 12.1. The van der Waals surface area contributed by atoms with Gasteiger partial charge in [0, 0.05) is 25.7 Å². The molecule has 2 aromatic rings. The van der Waals surface area contributed by atoms with Crippen LogP contribution >= 0.6 is 11.8 Å². The van der Waals surface area contributed by atoms with Crippen LogP contribution < -0.4 is 15.0 Å². The molecule has 2 heterocycles. The Hall–Kier alpha value is -2.28. The molecule has 3 rings (SSSR count). The maximum Gasteiger partial charge on any atom is 0.230 e. The fraction of sp³-hybridized carbons (Fsp3) is 0.421. The van der Waals surface area contributed by atoms with Crippen LogP contribution in [0.4, 0.5) is 5.82 Å². The van der Waals surface area contributed by atoms with Crippen molar-refractivity contribution in [2.24, 2.45) is 0 Å². The first-order valence-corrected chi connectivity index (χ1v) is 9.83. The molecule has 0 spiro atoms. The lowest BCUT2D eigenvalue weighted by Crippen LogP contribution is -2.27. The van der Waals surface area contributed by atoms with Crippen LogP contribution in [0.5, 0.6) is 5.75 Å². The third-order valence-electron chi connectivity index (χ3n) is 4.32. The number of nitrogens with one attached hydrogen (secondary N) is 1. The van der Waals surface area contributed by atoms with Crippen LogP contribution in [-0.2, 0) is 11.2 Å². The lowest BCUT2D eigenvalue weighted by molar-refractivity contribution is -0.118. The highest BCUT2D eigenvalue weighted by Crippen LogP contribution is 2.22. The second kappa shape index (κ2) is 9.43. The summed E-state index contributed by atoms with van der Waals surface area (Å²) in [5.41, 5.74) is 1.09. The van der Waals surface area contributed by atoms with Crippen LogP contribution in [0, 0.1) is 0 Å². The number of methoxy groups -OCH3 is 1. The second-order valence-corrected chi connectivity index (χ2v) is 7.10. The van der Waals surface area contributed by atoms with Gasteiger partial charge in [-0.05, 0) is 30.9 Å². The Labute approximate surface area is 158 Å². The molecule has 1 amide bonds. The number of ether oxygens (including phenoxy) is 1. The predicted molar refractivity (Wildman–Crippen MR) is 104 cm³/mol. The van der Waals surface area contributed by atoms with E-state index in [4.69, 9.17) is 4.74 Å². The number of anilines is 1. The smallest absolute Gasteiger partial charge is 0.230 e. The predicted octanol–water partition coefficient (Wildman–Crippen LogP) is 2.54. The number of carbonyl (C=O) groups excluding carboxylic acids is 1. The quantitative estimate of drug-likeness (QED) is 0.567. The molecule has 0 radical (unpaired) electrons. The number of aromatic nitrogens is 2. The fourth-order valence-corrected chi connectivity index (χ4v) is 3.66. The average Bonchev–Trinajstić information content (AvgIpc) is 3.22. The first-order chi connectivity index (χ1) is 12.8. The molecule has 0 unspecified atom stereocenters. The van der Waals surface area contributed by atoms with Gasteiger partial charge in [-0.2, -0.15) is 0 Å². The van der Waals surface area contributed by atoms with Crippen LogP contribution in [0.2, 0.25) is 0 Å². The van der Waals surface area contributed by atoms with Gasteiger partial charge in [-0.25, -0.2) is 9.97 Å². The molecule has 1 aromatic carbocycles. The van der Waals surface area contributed by atoms with Gasteiger partial charge in [0.2, 0.25) is 5.91 Å². The Balaban J connectivity index is 1.43. The monoisotopic (exact) mass is 372 g/mol. The van der Waals surface area contributed by atoms with Gasteiger partial charge in [-0.3, -0.25) is 4.79 Å². The zero-order chi connectivity index (χ0) is 18.2. The minimum absolute atomic E-state index is 0.00577. The largest absolute Gasteiger partial charge is 0.496 e. The molecule has 6 nitrogen and oxygen atoms in total. The van der Waals surface area contributed by atoms with Crippen molar-refractivity contribution in [2.75, 3.05) is 37.4 Å². The minimum Gasteiger partial charge on any atom is -0.496 e. The Morgan fingerprint density at radius 2 is 2.08 bits per heavy atom. The van der Waals surface area contributed by atoms with E-state index in [1.807, 2.05) is 30.3 Å². The third-order valence-corrected chi connectivity index (χ3v) is 5.24. The van der Waals surface area contributed by atoms with Crippen molar-refractivity contribution in [3.63, 3.8) is 0 Å². The van der Waals surface area contributed by atoms with Gasteiger partial charge < -0.3 is 15.0 Å². The topological polar surface area (TPSA) is 67.3 Å². The van der Waals surface area contributed by atoms with E-state index in [2.05, 4.69) is 20.2 Å². The summed E-state index contributed by atoms with van der Waals surface area (Å²) in [5, 5.41) is 3.79. The number of carbonyl (C=O) groups is 1. The minimum atomic E-state index is 0.00577. The van der Waals surface area contributed by atoms with E-state index in [1.54, 1.807) is 13.4 Å². The molecular formula is C19H24N4O2S. The van der Waals surface area contributed by atoms with Crippen LogP contribution in [0.15, 0.2) is 41.7 Å². The maximum absolute atomic E-state index is 12.1. The number of para-hydroxylation sites is 1. The Kier molecular flexibility index (Phi) is 6.71. The van der Waals surface area contributed by atoms with E-state index in [-0.39, 0.29) is 5.91 Å². The van der Waals surface area contributed by atoms with Crippen molar-refractivity contribution in [2.45, 2.75) is 24.3 Å². The standard InChI is InChI=1S/C19H24N4O2S/c1-25-16-7-3-2-6-15(16)8-9-20-18(24)13-26-19-12-17(21-14-22-19)23-10-4-5-11-23/h2-3,6-7,12,14H,4-5,8-11,13H2,1H3,(H,20,24). The lowest BCUT2D eigenvalue weighted by Gasteiger charge is -2.16. The Morgan fingerprint density at radius 1 is 1.27 bits per heavy atom. The molecule has 138 valence electrons. The van der Waals surface area contributed by atoms with Crippen LogP contribution in [0.3, 0.4) is 0 Å². The van der Waals surface area contributed by atoms with Gasteiger partial charge in [-0.1, -0.05) is 30.0 Å². The fourth-order valence-electron chi connectivity index (χ4n) is 2.96. The summed E-state index contributed by atoms with van der Waals surface area (Å²) in [7, 11) is 1.66. The van der Waals surface area contributed by atoms with Gasteiger partial charge in [0.1, 0.15) is 22.9 Å². The lowest BCUT2D eigenvalue weighted by atomic mass is 10.1. The highest BCUT2D eigenvalue weighted by molar-refractivity contribution is 7.99. The second-order valence-electron chi connectivity index (χ2n) is 6.11. The third kappa shape index (κ3) is 5.11. The molecule has 0 atom stereocenters. The summed E-state index contributed by atoms with van der Waals surface area (Å²) in [4.78, 5) is 22.9. The van der Waals surface area contributed by atoms with Crippen molar-refractivity contribution in [1.29, 1.82) is 0 Å². The average molecular weight is 372 g/mol. The molecule has 1 N–H and O–H groups in total. The van der Waals surface area contributed by atoms with Crippen LogP contribution in [-0.4, -0.2) is 48.4 Å². The van der Waals surface area contributed by atoms with E-state index in [0.29, 0.717) is 12.3 Å². The van der Waals surface area contributed by atoms with Crippen LogP contribution in [0.25, 0.3) is 0 Å². The first kappa shape index (κ1) is 18.5. The number of thioether (sulfide) groups is 1. The zero-order valence-corrected chi connectivity index (χ0v) is 15.8. The summed E-state index contributed by atoms with van der Waals surface area (Å²) in [6, 6.07) is 9.83. The summed E-state index contributed by atoms with van der Waals surface area (Å²) >= 11 is 1.44. The molecule has 7 heteroatoms. The molecule has 0 bridgehead atoms. The zero-order valence-electron chi connectivity index (χ0n) is 15.0. The molecular weight excluding hydrogens is 348 g/mol. The SMILES string of the molecule is COc1ccccc1CCNC(=O)CSc1cc(N2CCCC2)ncn1. The van der Waals surface area contributed by atoms with Crippen molar-refractivity contribution in [3.05, 3.63) is 42.2 Å². The molecule has 1 fully saturated rings. The summed E-state index contributed by atoms with van der Waals surface area (Å²) < 4.78 is 5.33. The highest BCUT2D eigenvalue weighted by atomic mass is 32.2. The van der Waals surface area contributed by atoms with Crippen molar-refractivity contribution in [1.82, 2.24) is 15.3 Å². The number of hydrogen-bond donors (Lipinski definition) is 1. The van der Waals surface area contributed by atoms with Crippen LogP contribution in [0.1, 0.15) is 18.4 Å². The Bertz CT molecular complexity index is 735. The number of nitrogens with zero attached hydrogens (tertiary/aromatic N) is 3. The summed E-state index contributed by atoms with van der Waals surface area (Å²) in [6.45, 7) is 2.68. The molecule has 0 saturated carbocycles. The van der Waals surface area contributed by atoms with Crippen molar-refractivity contribution >= 4 is 23.5 Å². The van der Waals surface area contributed by atoms with Gasteiger partial charge in [0.15, 0.2) is 0 Å². The molecule has 26 heavy (non-hydrogen) atoms. The number of benzene rings is 1. The van der Waals surface area contributed by atoms with Crippen molar-refractivity contribution in [3.8, 4) is 5.75 Å². The van der Waals surface area contributed by atoms with Gasteiger partial charge in [-0.15, -0.1) is 0 Å². The Morgan fingerprint density at radius 3 is 2.88 bits per heavy atom. The van der Waals surface area contributed by atoms with E-state index in [9.17, 15) is 4.79 Å². The van der Waals surface area contributed by atoms with E-state index < -0.39 is 0 Å². The molecule has 1 aliphatic rings. The number of hydrogen-bond acceptors (Lipinski definition) is 6. The highest BCUT2D eigenvalue weighted by Gasteiger charge is 2.14. The molecule has 1 aliphatic heterocycles. The summed E-state index contributed by atoms with van der Waals surface area (Å²) in [5.74, 6) is 2.16. The van der Waals surface area contributed by atoms with Gasteiger partial charge >= 0.3 is 0 Å². The molecule has 1 aromatic heterocycles. The van der Waals surface area contributed by atoms with Gasteiger partial charge in [0.25, 0.3) is 0 Å².